The standard InChI is InChI=1S/C22H21F2N3O4S/c1-31-20-7-6-19(16-3-2-10-25-21(16)20)26-22(28)14-8-11-27(12-9-14)32(29,30)15-4-5-17(23)18(24)13-15/h2-7,10,13-14H,8-9,11-12H2,1H3,(H,26,28). The van der Waals surface area contributed by atoms with Gasteiger partial charge < -0.3 is 10.1 Å². The van der Waals surface area contributed by atoms with E-state index in [2.05, 4.69) is 10.3 Å². The minimum atomic E-state index is -3.97. The molecule has 0 atom stereocenters. The maximum absolute atomic E-state index is 13.5. The van der Waals surface area contributed by atoms with Gasteiger partial charge in [0.15, 0.2) is 11.6 Å². The van der Waals surface area contributed by atoms with Crippen LogP contribution in [-0.4, -0.2) is 43.8 Å². The highest BCUT2D eigenvalue weighted by Gasteiger charge is 2.32. The molecular weight excluding hydrogens is 440 g/mol. The second-order valence-electron chi connectivity index (χ2n) is 7.46. The number of fused-ring (bicyclic) bond motifs is 1. The summed E-state index contributed by atoms with van der Waals surface area (Å²) in [6, 6.07) is 9.56. The molecule has 1 saturated heterocycles. The molecule has 1 N–H and O–H groups in total. The van der Waals surface area contributed by atoms with Crippen molar-refractivity contribution in [2.24, 2.45) is 5.92 Å². The van der Waals surface area contributed by atoms with E-state index in [0.29, 0.717) is 35.9 Å². The van der Waals surface area contributed by atoms with Gasteiger partial charge in [0, 0.05) is 30.6 Å². The molecule has 1 amide bonds. The van der Waals surface area contributed by atoms with Crippen molar-refractivity contribution in [3.63, 3.8) is 0 Å². The predicted molar refractivity (Wildman–Crippen MR) is 115 cm³/mol. The third kappa shape index (κ3) is 4.15. The number of hydrogen-bond acceptors (Lipinski definition) is 5. The fourth-order valence-electron chi connectivity index (χ4n) is 3.80. The van der Waals surface area contributed by atoms with E-state index >= 15 is 0 Å². The Hall–Kier alpha value is -3.11. The van der Waals surface area contributed by atoms with Gasteiger partial charge in [0.2, 0.25) is 15.9 Å². The molecule has 4 rings (SSSR count). The summed E-state index contributed by atoms with van der Waals surface area (Å²) in [5.74, 6) is -2.35. The molecule has 0 saturated carbocycles. The summed E-state index contributed by atoms with van der Waals surface area (Å²) >= 11 is 0. The molecule has 0 bridgehead atoms. The zero-order valence-corrected chi connectivity index (χ0v) is 18.0. The summed E-state index contributed by atoms with van der Waals surface area (Å²) in [6.45, 7) is 0.203. The van der Waals surface area contributed by atoms with Gasteiger partial charge in [-0.3, -0.25) is 9.78 Å². The number of sulfonamides is 1. The average Bonchev–Trinajstić information content (AvgIpc) is 2.81. The van der Waals surface area contributed by atoms with Gasteiger partial charge in [-0.1, -0.05) is 0 Å². The number of benzene rings is 2. The zero-order chi connectivity index (χ0) is 22.9. The lowest BCUT2D eigenvalue weighted by molar-refractivity contribution is -0.120. The van der Waals surface area contributed by atoms with Crippen molar-refractivity contribution in [2.45, 2.75) is 17.7 Å². The van der Waals surface area contributed by atoms with E-state index in [1.807, 2.05) is 6.07 Å². The largest absolute Gasteiger partial charge is 0.494 e. The van der Waals surface area contributed by atoms with Crippen LogP contribution in [0.1, 0.15) is 12.8 Å². The highest BCUT2D eigenvalue weighted by Crippen LogP contribution is 2.31. The summed E-state index contributed by atoms with van der Waals surface area (Å²) in [5.41, 5.74) is 1.22. The fourth-order valence-corrected chi connectivity index (χ4v) is 5.28. The van der Waals surface area contributed by atoms with E-state index in [4.69, 9.17) is 4.74 Å². The number of anilines is 1. The van der Waals surface area contributed by atoms with Crippen LogP contribution in [0.3, 0.4) is 0 Å². The first-order valence-corrected chi connectivity index (χ1v) is 11.4. The third-order valence-corrected chi connectivity index (χ3v) is 7.46. The van der Waals surface area contributed by atoms with E-state index < -0.39 is 21.7 Å². The van der Waals surface area contributed by atoms with Crippen LogP contribution in [0.15, 0.2) is 53.6 Å². The number of nitrogens with one attached hydrogen (secondary N) is 1. The zero-order valence-electron chi connectivity index (χ0n) is 17.2. The molecule has 1 aromatic heterocycles. The number of methoxy groups -OCH3 is 1. The van der Waals surface area contributed by atoms with Crippen molar-refractivity contribution in [1.82, 2.24) is 9.29 Å². The molecule has 10 heteroatoms. The van der Waals surface area contributed by atoms with E-state index in [1.165, 1.54) is 4.31 Å². The minimum Gasteiger partial charge on any atom is -0.494 e. The van der Waals surface area contributed by atoms with Crippen LogP contribution in [-0.2, 0) is 14.8 Å². The van der Waals surface area contributed by atoms with E-state index in [0.717, 1.165) is 17.5 Å². The first-order valence-electron chi connectivity index (χ1n) is 9.99. The summed E-state index contributed by atoms with van der Waals surface area (Å²) in [6.07, 6.45) is 2.25. The van der Waals surface area contributed by atoms with Crippen molar-refractivity contribution in [2.75, 3.05) is 25.5 Å². The lowest BCUT2D eigenvalue weighted by Gasteiger charge is -2.30. The SMILES string of the molecule is COc1ccc(NC(=O)C2CCN(S(=O)(=O)c3ccc(F)c(F)c3)CC2)c2cccnc12. The first-order chi connectivity index (χ1) is 15.3. The van der Waals surface area contributed by atoms with Crippen LogP contribution in [0.2, 0.25) is 0 Å². The van der Waals surface area contributed by atoms with Gasteiger partial charge in [-0.2, -0.15) is 4.31 Å². The Balaban J connectivity index is 1.45. The molecule has 32 heavy (non-hydrogen) atoms. The molecule has 168 valence electrons. The second kappa shape index (κ2) is 8.79. The number of pyridine rings is 1. The van der Waals surface area contributed by atoms with Gasteiger partial charge in [0.05, 0.1) is 17.7 Å². The molecule has 0 radical (unpaired) electrons. The first kappa shape index (κ1) is 22.1. The van der Waals surface area contributed by atoms with Crippen LogP contribution >= 0.6 is 0 Å². The van der Waals surface area contributed by atoms with Crippen molar-refractivity contribution in [1.29, 1.82) is 0 Å². The molecular formula is C22H21F2N3O4S. The smallest absolute Gasteiger partial charge is 0.243 e. The molecule has 0 spiro atoms. The number of amides is 1. The molecule has 0 unspecified atom stereocenters. The number of carbonyl (C=O) groups excluding carboxylic acids is 1. The molecule has 7 nitrogen and oxygen atoms in total. The summed E-state index contributed by atoms with van der Waals surface area (Å²) in [4.78, 5) is 16.9. The maximum Gasteiger partial charge on any atom is 0.243 e. The quantitative estimate of drug-likeness (QED) is 0.628. The number of ether oxygens (including phenoxy) is 1. The molecule has 2 heterocycles. The van der Waals surface area contributed by atoms with Gasteiger partial charge in [0.1, 0.15) is 11.3 Å². The van der Waals surface area contributed by atoms with Crippen molar-refractivity contribution >= 4 is 32.5 Å². The Kier molecular flexibility index (Phi) is 6.07. The molecule has 1 aliphatic rings. The lowest BCUT2D eigenvalue weighted by atomic mass is 9.97. The summed E-state index contributed by atoms with van der Waals surface area (Å²) in [7, 11) is -2.43. The number of aromatic nitrogens is 1. The topological polar surface area (TPSA) is 88.6 Å². The molecule has 1 aliphatic heterocycles. The fraction of sp³-hybridized carbons (Fsp3) is 0.273. The Morgan fingerprint density at radius 3 is 2.56 bits per heavy atom. The Morgan fingerprint density at radius 2 is 1.88 bits per heavy atom. The molecule has 2 aromatic carbocycles. The summed E-state index contributed by atoms with van der Waals surface area (Å²) < 4.78 is 58.6. The van der Waals surface area contributed by atoms with Crippen LogP contribution in [0.5, 0.6) is 5.75 Å². The van der Waals surface area contributed by atoms with Gasteiger partial charge in [-0.15, -0.1) is 0 Å². The second-order valence-corrected chi connectivity index (χ2v) is 9.40. The van der Waals surface area contributed by atoms with Gasteiger partial charge in [-0.25, -0.2) is 17.2 Å². The lowest BCUT2D eigenvalue weighted by Crippen LogP contribution is -2.41. The number of hydrogen-bond donors (Lipinski definition) is 1. The number of halogens is 2. The summed E-state index contributed by atoms with van der Waals surface area (Å²) in [5, 5.41) is 3.65. The monoisotopic (exact) mass is 461 g/mol. The Bertz CT molecular complexity index is 1280. The number of carbonyl (C=O) groups is 1. The van der Waals surface area contributed by atoms with Crippen LogP contribution < -0.4 is 10.1 Å². The average molecular weight is 461 g/mol. The van der Waals surface area contributed by atoms with Gasteiger partial charge in [0.25, 0.3) is 0 Å². The Morgan fingerprint density at radius 1 is 1.12 bits per heavy atom. The van der Waals surface area contributed by atoms with Crippen LogP contribution in [0, 0.1) is 17.6 Å². The third-order valence-electron chi connectivity index (χ3n) is 5.56. The molecule has 1 fully saturated rings. The van der Waals surface area contributed by atoms with E-state index in [-0.39, 0.29) is 29.8 Å². The minimum absolute atomic E-state index is 0.102. The molecule has 0 aliphatic carbocycles. The van der Waals surface area contributed by atoms with E-state index in [9.17, 15) is 22.0 Å². The number of piperidine rings is 1. The number of rotatable bonds is 5. The Labute approximate surface area is 184 Å². The van der Waals surface area contributed by atoms with Crippen molar-refractivity contribution < 1.29 is 26.7 Å². The van der Waals surface area contributed by atoms with Crippen molar-refractivity contribution in [3.05, 3.63) is 60.3 Å². The normalized spacial score (nSPS) is 15.6. The highest BCUT2D eigenvalue weighted by atomic mass is 32.2. The predicted octanol–water partition coefficient (Wildman–Crippen LogP) is 3.56. The maximum atomic E-state index is 13.5. The van der Waals surface area contributed by atoms with Crippen LogP contribution in [0.25, 0.3) is 10.9 Å². The highest BCUT2D eigenvalue weighted by molar-refractivity contribution is 7.89. The van der Waals surface area contributed by atoms with Crippen molar-refractivity contribution in [3.8, 4) is 5.75 Å². The molecule has 3 aromatic rings. The van der Waals surface area contributed by atoms with Gasteiger partial charge >= 0.3 is 0 Å². The van der Waals surface area contributed by atoms with Gasteiger partial charge in [-0.05, 0) is 55.3 Å². The van der Waals surface area contributed by atoms with E-state index in [1.54, 1.807) is 31.5 Å². The van der Waals surface area contributed by atoms with Crippen LogP contribution in [0.4, 0.5) is 14.5 Å². The number of nitrogens with zero attached hydrogens (tertiary/aromatic N) is 2.